The van der Waals surface area contributed by atoms with E-state index in [-0.39, 0.29) is 12.5 Å². The molecule has 24 heavy (non-hydrogen) atoms. The number of ether oxygens (including phenoxy) is 2. The predicted octanol–water partition coefficient (Wildman–Crippen LogP) is 3.66. The minimum atomic E-state index is -0.412. The van der Waals surface area contributed by atoms with Crippen molar-refractivity contribution in [1.29, 1.82) is 0 Å². The number of hydrogen-bond acceptors (Lipinski definition) is 6. The van der Waals surface area contributed by atoms with Crippen LogP contribution in [0.25, 0.3) is 11.4 Å². The Morgan fingerprint density at radius 3 is 2.67 bits per heavy atom. The Bertz CT molecular complexity index is 846. The maximum absolute atomic E-state index is 12.1. The van der Waals surface area contributed by atoms with Gasteiger partial charge in [0.15, 0.2) is 6.61 Å². The molecule has 0 saturated heterocycles. The molecule has 0 fully saturated rings. The average Bonchev–Trinajstić information content (AvgIpc) is 3.10. The summed E-state index contributed by atoms with van der Waals surface area (Å²) < 4.78 is 15.5. The van der Waals surface area contributed by atoms with E-state index >= 15 is 0 Å². The highest BCUT2D eigenvalue weighted by atomic mass is 35.5. The van der Waals surface area contributed by atoms with E-state index in [1.54, 1.807) is 55.6 Å². The second kappa shape index (κ2) is 7.14. The van der Waals surface area contributed by atoms with Gasteiger partial charge in [-0.05, 0) is 36.4 Å². The fourth-order valence-electron chi connectivity index (χ4n) is 1.95. The van der Waals surface area contributed by atoms with Crippen molar-refractivity contribution in [3.05, 3.63) is 59.4 Å². The second-order valence-electron chi connectivity index (χ2n) is 4.82. The Labute approximate surface area is 143 Å². The molecule has 0 saturated carbocycles. The molecule has 0 atom stereocenters. The third-order valence-corrected chi connectivity index (χ3v) is 3.43. The summed E-state index contributed by atoms with van der Waals surface area (Å²) in [4.78, 5) is 16.2. The first-order valence-electron chi connectivity index (χ1n) is 7.05. The smallest absolute Gasteiger partial charge is 0.298 e. The summed E-state index contributed by atoms with van der Waals surface area (Å²) in [5.41, 5.74) is 0.705. The van der Waals surface area contributed by atoms with Gasteiger partial charge in [-0.15, -0.1) is 0 Å². The number of carbonyl (C=O) groups excluding carboxylic acids is 1. The van der Waals surface area contributed by atoms with Crippen LogP contribution in [0.1, 0.15) is 10.7 Å². The van der Waals surface area contributed by atoms with Crippen molar-refractivity contribution in [2.75, 3.05) is 13.7 Å². The van der Waals surface area contributed by atoms with E-state index in [1.807, 2.05) is 0 Å². The van der Waals surface area contributed by atoms with Crippen LogP contribution in [-0.4, -0.2) is 29.6 Å². The van der Waals surface area contributed by atoms with Crippen LogP contribution in [0.2, 0.25) is 5.02 Å². The van der Waals surface area contributed by atoms with Gasteiger partial charge in [0.2, 0.25) is 5.82 Å². The number of nitrogens with zero attached hydrogens (tertiary/aromatic N) is 2. The molecule has 0 unspecified atom stereocenters. The molecule has 7 heteroatoms. The highest BCUT2D eigenvalue weighted by molar-refractivity contribution is 6.30. The van der Waals surface area contributed by atoms with Crippen molar-refractivity contribution in [2.45, 2.75) is 0 Å². The van der Waals surface area contributed by atoms with Crippen molar-refractivity contribution >= 4 is 17.4 Å². The molecule has 0 aliphatic heterocycles. The summed E-state index contributed by atoms with van der Waals surface area (Å²) in [5.74, 6) is 0.952. The van der Waals surface area contributed by atoms with Crippen LogP contribution in [-0.2, 0) is 0 Å². The maximum Gasteiger partial charge on any atom is 0.298 e. The third kappa shape index (κ3) is 3.72. The molecule has 3 aromatic rings. The van der Waals surface area contributed by atoms with Gasteiger partial charge in [-0.25, -0.2) is 0 Å². The molecule has 0 N–H and O–H groups in total. The van der Waals surface area contributed by atoms with E-state index in [0.717, 1.165) is 0 Å². The van der Waals surface area contributed by atoms with Crippen molar-refractivity contribution < 1.29 is 18.8 Å². The zero-order chi connectivity index (χ0) is 16.9. The first kappa shape index (κ1) is 16.0. The molecule has 0 amide bonds. The van der Waals surface area contributed by atoms with Crippen molar-refractivity contribution in [3.8, 4) is 22.9 Å². The van der Waals surface area contributed by atoms with Crippen LogP contribution in [0, 0.1) is 0 Å². The van der Waals surface area contributed by atoms with E-state index in [9.17, 15) is 4.79 Å². The van der Waals surface area contributed by atoms with E-state index in [4.69, 9.17) is 25.6 Å². The summed E-state index contributed by atoms with van der Waals surface area (Å²) in [6.45, 7) is -0.213. The lowest BCUT2D eigenvalue weighted by atomic mass is 10.2. The van der Waals surface area contributed by atoms with E-state index in [0.29, 0.717) is 27.9 Å². The summed E-state index contributed by atoms with van der Waals surface area (Å²) >= 11 is 5.83. The van der Waals surface area contributed by atoms with Gasteiger partial charge in [-0.1, -0.05) is 22.8 Å². The number of hydrogen-bond donors (Lipinski definition) is 0. The molecule has 0 aliphatic carbocycles. The minimum Gasteiger partial charge on any atom is -0.497 e. The van der Waals surface area contributed by atoms with Gasteiger partial charge in [0.05, 0.1) is 7.11 Å². The Hall–Kier alpha value is -2.86. The summed E-state index contributed by atoms with van der Waals surface area (Å²) in [6, 6.07) is 13.9. The van der Waals surface area contributed by atoms with Gasteiger partial charge in [0, 0.05) is 16.7 Å². The number of halogens is 1. The molecule has 3 rings (SSSR count). The Balaban J connectivity index is 1.66. The molecule has 0 bridgehead atoms. The van der Waals surface area contributed by atoms with Crippen molar-refractivity contribution in [2.24, 2.45) is 0 Å². The topological polar surface area (TPSA) is 74.5 Å². The number of methoxy groups -OCH3 is 1. The Morgan fingerprint density at radius 1 is 1.17 bits per heavy atom. The normalized spacial score (nSPS) is 10.4. The zero-order valence-corrected chi connectivity index (χ0v) is 13.5. The fourth-order valence-corrected chi connectivity index (χ4v) is 2.08. The molecule has 1 heterocycles. The maximum atomic E-state index is 12.1. The van der Waals surface area contributed by atoms with Gasteiger partial charge in [0.1, 0.15) is 11.5 Å². The van der Waals surface area contributed by atoms with Crippen LogP contribution in [0.5, 0.6) is 11.5 Å². The summed E-state index contributed by atoms with van der Waals surface area (Å²) in [6.07, 6.45) is 0. The quantitative estimate of drug-likeness (QED) is 0.635. The van der Waals surface area contributed by atoms with Crippen LogP contribution in [0.3, 0.4) is 0 Å². The van der Waals surface area contributed by atoms with Gasteiger partial charge in [-0.3, -0.25) is 4.79 Å². The number of ketones is 1. The molecule has 0 radical (unpaired) electrons. The lowest BCUT2D eigenvalue weighted by Crippen LogP contribution is -2.12. The Kier molecular flexibility index (Phi) is 4.77. The number of benzene rings is 2. The molecule has 0 aliphatic rings. The van der Waals surface area contributed by atoms with Crippen molar-refractivity contribution in [3.63, 3.8) is 0 Å². The van der Waals surface area contributed by atoms with Crippen molar-refractivity contribution in [1.82, 2.24) is 10.1 Å². The largest absolute Gasteiger partial charge is 0.497 e. The van der Waals surface area contributed by atoms with Gasteiger partial charge in [-0.2, -0.15) is 4.98 Å². The molecule has 2 aromatic carbocycles. The number of rotatable bonds is 6. The summed E-state index contributed by atoms with van der Waals surface area (Å²) in [7, 11) is 1.56. The first-order valence-corrected chi connectivity index (χ1v) is 7.43. The lowest BCUT2D eigenvalue weighted by molar-refractivity contribution is 0.0877. The second-order valence-corrected chi connectivity index (χ2v) is 5.26. The van der Waals surface area contributed by atoms with E-state index < -0.39 is 5.78 Å². The predicted molar refractivity (Wildman–Crippen MR) is 87.6 cm³/mol. The number of aromatic nitrogens is 2. The zero-order valence-electron chi connectivity index (χ0n) is 12.7. The molecule has 122 valence electrons. The van der Waals surface area contributed by atoms with Crippen LogP contribution < -0.4 is 9.47 Å². The molecule has 1 aromatic heterocycles. The third-order valence-electron chi connectivity index (χ3n) is 3.18. The fraction of sp³-hybridized carbons (Fsp3) is 0.118. The Morgan fingerprint density at radius 2 is 1.92 bits per heavy atom. The van der Waals surface area contributed by atoms with E-state index in [1.165, 1.54) is 0 Å². The molecular formula is C17H13ClN2O4. The minimum absolute atomic E-state index is 0.108. The SMILES string of the molecule is COc1cccc(OCC(=O)c2nc(-c3ccc(Cl)cc3)no2)c1. The van der Waals surface area contributed by atoms with Crippen LogP contribution in [0.4, 0.5) is 0 Å². The van der Waals surface area contributed by atoms with Crippen LogP contribution in [0.15, 0.2) is 53.1 Å². The van der Waals surface area contributed by atoms with Crippen LogP contribution >= 0.6 is 11.6 Å². The van der Waals surface area contributed by atoms with Gasteiger partial charge < -0.3 is 14.0 Å². The highest BCUT2D eigenvalue weighted by Gasteiger charge is 2.17. The average molecular weight is 345 g/mol. The highest BCUT2D eigenvalue weighted by Crippen LogP contribution is 2.20. The number of carbonyl (C=O) groups is 1. The molecular weight excluding hydrogens is 332 g/mol. The molecule has 6 nitrogen and oxygen atoms in total. The number of Topliss-reactive ketones (excluding diaryl/α,β-unsaturated/α-hetero) is 1. The molecule has 0 spiro atoms. The summed E-state index contributed by atoms with van der Waals surface area (Å²) in [5, 5.41) is 4.40. The van der Waals surface area contributed by atoms with Gasteiger partial charge in [0.25, 0.3) is 11.7 Å². The monoisotopic (exact) mass is 344 g/mol. The lowest BCUT2D eigenvalue weighted by Gasteiger charge is -2.05. The van der Waals surface area contributed by atoms with Gasteiger partial charge >= 0.3 is 0 Å². The first-order chi connectivity index (χ1) is 11.7. The van der Waals surface area contributed by atoms with E-state index in [2.05, 4.69) is 10.1 Å². The standard InChI is InChI=1S/C17H13ClN2O4/c1-22-13-3-2-4-14(9-13)23-10-15(21)17-19-16(20-24-17)11-5-7-12(18)8-6-11/h2-9H,10H2,1H3.